The Balaban J connectivity index is 1.42. The molecule has 0 amide bonds. The second-order valence-electron chi connectivity index (χ2n) is 8.25. The van der Waals surface area contributed by atoms with Crippen LogP contribution in [0.2, 0.25) is 0 Å². The highest BCUT2D eigenvalue weighted by Gasteiger charge is 2.25. The Morgan fingerprint density at radius 2 is 1.91 bits per heavy atom. The van der Waals surface area contributed by atoms with Gasteiger partial charge in [0.2, 0.25) is 0 Å². The second kappa shape index (κ2) is 9.84. The molecule has 0 saturated carbocycles. The van der Waals surface area contributed by atoms with Gasteiger partial charge in [0.25, 0.3) is 5.69 Å². The van der Waals surface area contributed by atoms with E-state index in [0.717, 1.165) is 59.2 Å². The van der Waals surface area contributed by atoms with Gasteiger partial charge >= 0.3 is 0 Å². The number of fused-ring (bicyclic) bond motifs is 1. The molecule has 8 heteroatoms. The third-order valence-electron chi connectivity index (χ3n) is 6.02. The van der Waals surface area contributed by atoms with Gasteiger partial charge in [-0.2, -0.15) is 5.10 Å². The number of non-ortho nitro benzene ring substituents is 1. The smallest absolute Gasteiger partial charge is 0.270 e. The molecule has 34 heavy (non-hydrogen) atoms. The Hall–Kier alpha value is -4.04. The Kier molecular flexibility index (Phi) is 6.31. The number of para-hydroxylation sites is 1. The van der Waals surface area contributed by atoms with E-state index in [2.05, 4.69) is 26.5 Å². The molecule has 0 unspecified atom stereocenters. The van der Waals surface area contributed by atoms with Crippen LogP contribution in [0.1, 0.15) is 18.4 Å². The molecule has 0 atom stereocenters. The molecule has 1 aliphatic heterocycles. The van der Waals surface area contributed by atoms with Gasteiger partial charge in [-0.15, -0.1) is 0 Å². The summed E-state index contributed by atoms with van der Waals surface area (Å²) in [5, 5.41) is 16.8. The standard InChI is InChI=1S/C26H25N5O3/c32-31(33)23-6-3-4-19(17-23)16-21-8-9-22(26(21)30-12-14-34-15-13-30)18-27-29-25-11-10-20-5-1-2-7-24(20)28-25/h1-7,10-11,16-18H,8-9,12-15H2,(H,28,29). The predicted molar refractivity (Wildman–Crippen MR) is 134 cm³/mol. The fourth-order valence-electron chi connectivity index (χ4n) is 4.41. The lowest BCUT2D eigenvalue weighted by molar-refractivity contribution is -0.384. The number of ether oxygens (including phenoxy) is 1. The lowest BCUT2D eigenvalue weighted by Crippen LogP contribution is -2.36. The molecular weight excluding hydrogens is 430 g/mol. The van der Waals surface area contributed by atoms with Crippen molar-refractivity contribution in [3.05, 3.63) is 93.2 Å². The number of nitro groups is 1. The number of anilines is 1. The minimum atomic E-state index is -0.361. The van der Waals surface area contributed by atoms with Gasteiger partial charge in [0, 0.05) is 36.3 Å². The van der Waals surface area contributed by atoms with Crippen molar-refractivity contribution in [1.82, 2.24) is 9.88 Å². The van der Waals surface area contributed by atoms with Gasteiger partial charge < -0.3 is 9.64 Å². The van der Waals surface area contributed by atoms with Crippen LogP contribution in [0, 0.1) is 10.1 Å². The number of benzene rings is 2. The number of pyridine rings is 1. The molecule has 8 nitrogen and oxygen atoms in total. The highest BCUT2D eigenvalue weighted by Crippen LogP contribution is 2.35. The average molecular weight is 456 g/mol. The minimum absolute atomic E-state index is 0.0955. The van der Waals surface area contributed by atoms with Crippen molar-refractivity contribution in [1.29, 1.82) is 0 Å². The molecule has 0 radical (unpaired) electrons. The quantitative estimate of drug-likeness (QED) is 0.319. The van der Waals surface area contributed by atoms with Crippen molar-refractivity contribution in [2.45, 2.75) is 12.8 Å². The Bertz CT molecular complexity index is 1310. The third kappa shape index (κ3) is 4.82. The number of rotatable bonds is 6. The van der Waals surface area contributed by atoms with E-state index in [1.54, 1.807) is 12.1 Å². The average Bonchev–Trinajstić information content (AvgIpc) is 3.26. The topological polar surface area (TPSA) is 92.9 Å². The van der Waals surface area contributed by atoms with Crippen LogP contribution in [0.4, 0.5) is 11.5 Å². The molecule has 1 saturated heterocycles. The summed E-state index contributed by atoms with van der Waals surface area (Å²) < 4.78 is 5.55. The maximum Gasteiger partial charge on any atom is 0.270 e. The molecule has 3 aromatic rings. The normalized spacial score (nSPS) is 17.8. The highest BCUT2D eigenvalue weighted by atomic mass is 16.6. The molecule has 0 bridgehead atoms. The molecule has 2 heterocycles. The molecule has 1 aromatic heterocycles. The Labute approximate surface area is 197 Å². The maximum absolute atomic E-state index is 11.2. The number of hydrogen-bond acceptors (Lipinski definition) is 7. The van der Waals surface area contributed by atoms with Crippen LogP contribution in [0.5, 0.6) is 0 Å². The van der Waals surface area contributed by atoms with Gasteiger partial charge in [0.15, 0.2) is 0 Å². The molecule has 2 aliphatic rings. The molecule has 2 aromatic carbocycles. The van der Waals surface area contributed by atoms with Crippen LogP contribution in [-0.2, 0) is 4.74 Å². The summed E-state index contributed by atoms with van der Waals surface area (Å²) in [5.41, 5.74) is 8.33. The van der Waals surface area contributed by atoms with Crippen LogP contribution in [-0.4, -0.2) is 47.3 Å². The summed E-state index contributed by atoms with van der Waals surface area (Å²) in [6, 6.07) is 18.7. The monoisotopic (exact) mass is 455 g/mol. The van der Waals surface area contributed by atoms with Crippen molar-refractivity contribution in [3.8, 4) is 0 Å². The van der Waals surface area contributed by atoms with Gasteiger partial charge in [0.1, 0.15) is 5.82 Å². The van der Waals surface area contributed by atoms with E-state index in [1.165, 1.54) is 6.07 Å². The number of nitrogens with zero attached hydrogens (tertiary/aromatic N) is 4. The lowest BCUT2D eigenvalue weighted by Gasteiger charge is -2.31. The molecule has 5 rings (SSSR count). The molecule has 1 fully saturated rings. The number of nitro benzene ring substituents is 1. The molecule has 1 N–H and O–H groups in total. The number of hydrogen-bond donors (Lipinski definition) is 1. The van der Waals surface area contributed by atoms with Crippen molar-refractivity contribution in [2.24, 2.45) is 5.10 Å². The number of allylic oxidation sites excluding steroid dienone is 2. The zero-order valence-corrected chi connectivity index (χ0v) is 18.7. The number of hydrazone groups is 1. The van der Waals surface area contributed by atoms with Crippen LogP contribution in [0.15, 0.2) is 82.6 Å². The first-order valence-corrected chi connectivity index (χ1v) is 11.3. The fraction of sp³-hybridized carbons (Fsp3) is 0.231. The zero-order valence-electron chi connectivity index (χ0n) is 18.7. The predicted octanol–water partition coefficient (Wildman–Crippen LogP) is 5.00. The maximum atomic E-state index is 11.2. The third-order valence-corrected chi connectivity index (χ3v) is 6.02. The van der Waals surface area contributed by atoms with E-state index in [0.29, 0.717) is 19.0 Å². The zero-order chi connectivity index (χ0) is 23.3. The van der Waals surface area contributed by atoms with E-state index in [4.69, 9.17) is 4.74 Å². The van der Waals surface area contributed by atoms with E-state index >= 15 is 0 Å². The summed E-state index contributed by atoms with van der Waals surface area (Å²) in [6.45, 7) is 2.96. The van der Waals surface area contributed by atoms with Gasteiger partial charge in [0.05, 0.1) is 29.9 Å². The SMILES string of the molecule is O=[N+]([O-])c1cccc(C=C2CCC(C=NNc3ccc4ccccc4n3)=C2N2CCOCC2)c1. The summed E-state index contributed by atoms with van der Waals surface area (Å²) in [5.74, 6) is 0.689. The minimum Gasteiger partial charge on any atom is -0.378 e. The molecule has 1 aliphatic carbocycles. The van der Waals surface area contributed by atoms with Gasteiger partial charge in [-0.25, -0.2) is 4.98 Å². The van der Waals surface area contributed by atoms with E-state index in [1.807, 2.05) is 48.7 Å². The lowest BCUT2D eigenvalue weighted by atomic mass is 10.1. The first-order chi connectivity index (χ1) is 16.7. The summed E-state index contributed by atoms with van der Waals surface area (Å²) in [4.78, 5) is 17.8. The van der Waals surface area contributed by atoms with Crippen LogP contribution in [0.25, 0.3) is 17.0 Å². The van der Waals surface area contributed by atoms with Crippen molar-refractivity contribution < 1.29 is 9.66 Å². The van der Waals surface area contributed by atoms with Crippen molar-refractivity contribution in [2.75, 3.05) is 31.7 Å². The number of aromatic nitrogens is 1. The summed E-state index contributed by atoms with van der Waals surface area (Å²) >= 11 is 0. The molecule has 172 valence electrons. The number of nitrogens with one attached hydrogen (secondary N) is 1. The molecular formula is C26H25N5O3. The molecule has 0 spiro atoms. The van der Waals surface area contributed by atoms with E-state index in [9.17, 15) is 10.1 Å². The largest absolute Gasteiger partial charge is 0.378 e. The highest BCUT2D eigenvalue weighted by molar-refractivity contribution is 5.85. The van der Waals surface area contributed by atoms with Crippen molar-refractivity contribution in [3.63, 3.8) is 0 Å². The van der Waals surface area contributed by atoms with Gasteiger partial charge in [-0.3, -0.25) is 15.5 Å². The van der Waals surface area contributed by atoms with Crippen LogP contribution in [0.3, 0.4) is 0 Å². The van der Waals surface area contributed by atoms with E-state index in [-0.39, 0.29) is 10.6 Å². The van der Waals surface area contributed by atoms with Gasteiger partial charge in [-0.1, -0.05) is 30.3 Å². The second-order valence-corrected chi connectivity index (χ2v) is 8.25. The fourth-order valence-corrected chi connectivity index (χ4v) is 4.41. The van der Waals surface area contributed by atoms with Crippen LogP contribution < -0.4 is 5.43 Å². The van der Waals surface area contributed by atoms with Crippen molar-refractivity contribution >= 4 is 34.7 Å². The summed E-state index contributed by atoms with van der Waals surface area (Å²) in [7, 11) is 0. The Morgan fingerprint density at radius 3 is 2.76 bits per heavy atom. The van der Waals surface area contributed by atoms with E-state index < -0.39 is 0 Å². The van der Waals surface area contributed by atoms with Crippen LogP contribution >= 0.6 is 0 Å². The Morgan fingerprint density at radius 1 is 1.06 bits per heavy atom. The first-order valence-electron chi connectivity index (χ1n) is 11.3. The number of morpholine rings is 1. The van der Waals surface area contributed by atoms with Gasteiger partial charge in [-0.05, 0) is 53.8 Å². The summed E-state index contributed by atoms with van der Waals surface area (Å²) in [6.07, 6.45) is 5.63. The first kappa shape index (κ1) is 21.8.